The Hall–Kier alpha value is -2.93. The van der Waals surface area contributed by atoms with Crippen molar-refractivity contribution in [3.8, 4) is 10.8 Å². The molecule has 1 aliphatic heterocycles. The maximum Gasteiger partial charge on any atom is 0.226 e. The summed E-state index contributed by atoms with van der Waals surface area (Å²) >= 11 is 1.45. The Balaban J connectivity index is 1.44. The maximum absolute atomic E-state index is 12.7. The molecule has 1 saturated heterocycles. The van der Waals surface area contributed by atoms with E-state index in [1.165, 1.54) is 11.3 Å². The molecular weight excluding hydrogens is 374 g/mol. The molecule has 1 fully saturated rings. The number of hydrogen-bond donors (Lipinski definition) is 1. The molecule has 7 heteroatoms. The van der Waals surface area contributed by atoms with Crippen molar-refractivity contribution in [2.75, 3.05) is 13.1 Å². The van der Waals surface area contributed by atoms with Gasteiger partial charge in [0.25, 0.3) is 0 Å². The number of hydrogen-bond acceptors (Lipinski definition) is 5. The number of thiazole rings is 1. The van der Waals surface area contributed by atoms with E-state index in [4.69, 9.17) is 4.42 Å². The summed E-state index contributed by atoms with van der Waals surface area (Å²) in [6, 6.07) is 13.2. The van der Waals surface area contributed by atoms with Crippen LogP contribution in [0.15, 0.2) is 58.5 Å². The van der Waals surface area contributed by atoms with Gasteiger partial charge in [0.1, 0.15) is 0 Å². The monoisotopic (exact) mass is 395 g/mol. The first-order valence-corrected chi connectivity index (χ1v) is 10.2. The molecule has 6 nitrogen and oxygen atoms in total. The normalized spacial score (nSPS) is 15.0. The first-order chi connectivity index (χ1) is 13.7. The highest BCUT2D eigenvalue weighted by Crippen LogP contribution is 2.24. The summed E-state index contributed by atoms with van der Waals surface area (Å²) in [6.07, 6.45) is 3.26. The summed E-state index contributed by atoms with van der Waals surface area (Å²) in [5.74, 6) is 0.737. The van der Waals surface area contributed by atoms with Gasteiger partial charge in [0.2, 0.25) is 11.8 Å². The van der Waals surface area contributed by atoms with Gasteiger partial charge in [0, 0.05) is 24.9 Å². The molecule has 144 valence electrons. The molecule has 0 unspecified atom stereocenters. The summed E-state index contributed by atoms with van der Waals surface area (Å²) in [6.45, 7) is 1.24. The number of likely N-dealkylation sites (tertiary alicyclic amines) is 1. The zero-order valence-corrected chi connectivity index (χ0v) is 16.2. The van der Waals surface area contributed by atoms with Crippen LogP contribution in [0.2, 0.25) is 0 Å². The van der Waals surface area contributed by atoms with E-state index in [1.807, 2.05) is 52.7 Å². The van der Waals surface area contributed by atoms with Crippen LogP contribution in [0.3, 0.4) is 0 Å². The summed E-state index contributed by atoms with van der Waals surface area (Å²) in [4.78, 5) is 31.0. The molecular formula is C21H21N3O3S. The fourth-order valence-electron chi connectivity index (χ4n) is 3.35. The molecule has 0 spiro atoms. The minimum absolute atomic E-state index is 0.114. The van der Waals surface area contributed by atoms with Gasteiger partial charge in [-0.25, -0.2) is 4.98 Å². The third kappa shape index (κ3) is 4.31. The van der Waals surface area contributed by atoms with E-state index >= 15 is 0 Å². The van der Waals surface area contributed by atoms with Gasteiger partial charge in [0.05, 0.1) is 24.4 Å². The number of aromatic nitrogens is 1. The second-order valence-corrected chi connectivity index (χ2v) is 7.63. The third-order valence-electron chi connectivity index (χ3n) is 4.74. The molecule has 0 radical (unpaired) electrons. The van der Waals surface area contributed by atoms with Crippen LogP contribution in [0.5, 0.6) is 0 Å². The molecule has 1 N–H and O–H groups in total. The number of furan rings is 1. The van der Waals surface area contributed by atoms with Crippen molar-refractivity contribution >= 4 is 23.2 Å². The minimum atomic E-state index is -0.237. The van der Waals surface area contributed by atoms with Crippen LogP contribution in [0.1, 0.15) is 30.1 Å². The van der Waals surface area contributed by atoms with Gasteiger partial charge in [-0.1, -0.05) is 30.3 Å². The van der Waals surface area contributed by atoms with Gasteiger partial charge in [-0.3, -0.25) is 9.59 Å². The standard InChI is InChI=1S/C21H21N3O3S/c25-19(12-16-14-28-21(22-16)18-8-5-11-27-18)23-17(15-6-2-1-3-7-15)13-24-10-4-9-20(24)26/h1-3,5-8,11,14,17H,4,9-10,12-13H2,(H,23,25)/t17-/m1/s1. The van der Waals surface area contributed by atoms with Gasteiger partial charge in [-0.2, -0.15) is 0 Å². The SMILES string of the molecule is O=C(Cc1csc(-c2ccco2)n1)N[C@H](CN1CCCC1=O)c1ccccc1. The van der Waals surface area contributed by atoms with Crippen LogP contribution in [-0.4, -0.2) is 34.8 Å². The van der Waals surface area contributed by atoms with Crippen molar-refractivity contribution in [3.05, 3.63) is 65.4 Å². The van der Waals surface area contributed by atoms with Crippen molar-refractivity contribution in [1.29, 1.82) is 0 Å². The van der Waals surface area contributed by atoms with Crippen molar-refractivity contribution in [1.82, 2.24) is 15.2 Å². The van der Waals surface area contributed by atoms with E-state index in [2.05, 4.69) is 10.3 Å². The second kappa shape index (κ2) is 8.39. The molecule has 0 bridgehead atoms. The average Bonchev–Trinajstić information content (AvgIpc) is 3.45. The number of carbonyl (C=O) groups is 2. The summed E-state index contributed by atoms with van der Waals surface area (Å²) in [5, 5.41) is 5.71. The van der Waals surface area contributed by atoms with Crippen LogP contribution in [0, 0.1) is 0 Å². The molecule has 28 heavy (non-hydrogen) atoms. The summed E-state index contributed by atoms with van der Waals surface area (Å²) < 4.78 is 5.35. The lowest BCUT2D eigenvalue weighted by Gasteiger charge is -2.25. The molecule has 3 aromatic rings. The van der Waals surface area contributed by atoms with E-state index in [0.717, 1.165) is 23.5 Å². The Morgan fingerprint density at radius 2 is 2.11 bits per heavy atom. The van der Waals surface area contributed by atoms with Crippen LogP contribution in [-0.2, 0) is 16.0 Å². The first kappa shape index (κ1) is 18.4. The Bertz CT molecular complexity index is 937. The molecule has 0 aliphatic carbocycles. The Morgan fingerprint density at radius 3 is 2.82 bits per heavy atom. The number of rotatable bonds is 7. The van der Waals surface area contributed by atoms with Gasteiger partial charge in [-0.05, 0) is 24.1 Å². The fraction of sp³-hybridized carbons (Fsp3) is 0.286. The number of nitrogens with one attached hydrogen (secondary N) is 1. The highest BCUT2D eigenvalue weighted by Gasteiger charge is 2.25. The second-order valence-electron chi connectivity index (χ2n) is 6.77. The van der Waals surface area contributed by atoms with Crippen molar-refractivity contribution in [2.24, 2.45) is 0 Å². The topological polar surface area (TPSA) is 75.4 Å². The predicted octanol–water partition coefficient (Wildman–Crippen LogP) is 3.43. The number of carbonyl (C=O) groups excluding carboxylic acids is 2. The van der Waals surface area contributed by atoms with Crippen LogP contribution in [0.4, 0.5) is 0 Å². The van der Waals surface area contributed by atoms with Crippen molar-refractivity contribution < 1.29 is 14.0 Å². The molecule has 3 heterocycles. The zero-order chi connectivity index (χ0) is 19.3. The number of amides is 2. The summed E-state index contributed by atoms with van der Waals surface area (Å²) in [7, 11) is 0. The van der Waals surface area contributed by atoms with E-state index in [-0.39, 0.29) is 24.3 Å². The largest absolute Gasteiger partial charge is 0.462 e. The average molecular weight is 395 g/mol. The third-order valence-corrected chi connectivity index (χ3v) is 5.64. The Labute approximate surface area is 167 Å². The van der Waals surface area contributed by atoms with Gasteiger partial charge < -0.3 is 14.6 Å². The number of benzene rings is 1. The molecule has 2 aromatic heterocycles. The van der Waals surface area contributed by atoms with E-state index in [9.17, 15) is 9.59 Å². The first-order valence-electron chi connectivity index (χ1n) is 9.29. The van der Waals surface area contributed by atoms with Crippen molar-refractivity contribution in [2.45, 2.75) is 25.3 Å². The van der Waals surface area contributed by atoms with Gasteiger partial charge in [0.15, 0.2) is 10.8 Å². The quantitative estimate of drug-likeness (QED) is 0.665. The highest BCUT2D eigenvalue weighted by atomic mass is 32.1. The van der Waals surface area contributed by atoms with Crippen LogP contribution in [0.25, 0.3) is 10.8 Å². The lowest BCUT2D eigenvalue weighted by Crippen LogP contribution is -2.39. The van der Waals surface area contributed by atoms with Crippen LogP contribution >= 0.6 is 11.3 Å². The van der Waals surface area contributed by atoms with Gasteiger partial charge in [-0.15, -0.1) is 11.3 Å². The number of nitrogens with zero attached hydrogens (tertiary/aromatic N) is 2. The fourth-order valence-corrected chi connectivity index (χ4v) is 4.13. The van der Waals surface area contributed by atoms with E-state index < -0.39 is 0 Å². The Morgan fingerprint density at radius 1 is 1.25 bits per heavy atom. The van der Waals surface area contributed by atoms with E-state index in [1.54, 1.807) is 6.26 Å². The highest BCUT2D eigenvalue weighted by molar-refractivity contribution is 7.13. The molecule has 1 atom stereocenters. The van der Waals surface area contributed by atoms with Gasteiger partial charge >= 0.3 is 0 Å². The zero-order valence-electron chi connectivity index (χ0n) is 15.3. The lowest BCUT2D eigenvalue weighted by molar-refractivity contribution is -0.129. The summed E-state index contributed by atoms with van der Waals surface area (Å²) in [5.41, 5.74) is 1.70. The molecule has 4 rings (SSSR count). The van der Waals surface area contributed by atoms with Crippen LogP contribution < -0.4 is 5.32 Å². The van der Waals surface area contributed by atoms with E-state index in [0.29, 0.717) is 24.4 Å². The Kier molecular flexibility index (Phi) is 5.53. The lowest BCUT2D eigenvalue weighted by atomic mass is 10.1. The maximum atomic E-state index is 12.7. The molecule has 2 amide bonds. The molecule has 0 saturated carbocycles. The predicted molar refractivity (Wildman–Crippen MR) is 107 cm³/mol. The minimum Gasteiger partial charge on any atom is -0.462 e. The molecule has 1 aromatic carbocycles. The smallest absolute Gasteiger partial charge is 0.226 e. The van der Waals surface area contributed by atoms with Crippen molar-refractivity contribution in [3.63, 3.8) is 0 Å². The molecule has 1 aliphatic rings.